The zero-order chi connectivity index (χ0) is 20.1. The molecule has 4 rings (SSSR count). The molecule has 0 aromatic heterocycles. The largest absolute Gasteiger partial charge is 0.416 e. The van der Waals surface area contributed by atoms with Crippen molar-refractivity contribution in [2.24, 2.45) is 10.7 Å². The summed E-state index contributed by atoms with van der Waals surface area (Å²) < 4.78 is 39.3. The molecule has 2 aromatic carbocycles. The van der Waals surface area contributed by atoms with Crippen molar-refractivity contribution in [3.63, 3.8) is 0 Å². The maximum Gasteiger partial charge on any atom is 0.416 e. The van der Waals surface area contributed by atoms with Crippen molar-refractivity contribution in [1.29, 1.82) is 0 Å². The van der Waals surface area contributed by atoms with Crippen molar-refractivity contribution in [1.82, 2.24) is 4.90 Å². The van der Waals surface area contributed by atoms with Gasteiger partial charge in [0, 0.05) is 7.05 Å². The predicted octanol–water partition coefficient (Wildman–Crippen LogP) is 4.08. The Balaban J connectivity index is 1.83. The molecule has 7 heteroatoms. The van der Waals surface area contributed by atoms with Gasteiger partial charge in [-0.1, -0.05) is 24.3 Å². The number of carbonyl (C=O) groups excluding carboxylic acids is 1. The topological polar surface area (TPSA) is 58.7 Å². The minimum absolute atomic E-state index is 0.107. The minimum Gasteiger partial charge on any atom is -0.369 e. The van der Waals surface area contributed by atoms with Gasteiger partial charge in [-0.15, -0.1) is 0 Å². The molecule has 1 aliphatic carbocycles. The first kappa shape index (κ1) is 18.5. The van der Waals surface area contributed by atoms with Gasteiger partial charge in [0.2, 0.25) is 5.91 Å². The molecule has 0 saturated heterocycles. The number of carbonyl (C=O) groups is 1. The SMILES string of the molecule is CN1C(=O)CC2(CCCc3ccc(-c4cccc(C(F)(F)F)c4)cc32)N=C1N. The molecule has 1 spiro atoms. The second kappa shape index (κ2) is 6.36. The molecular weight excluding hydrogens is 367 g/mol. The molecule has 4 nitrogen and oxygen atoms in total. The van der Waals surface area contributed by atoms with Crippen LogP contribution < -0.4 is 5.73 Å². The van der Waals surface area contributed by atoms with E-state index >= 15 is 0 Å². The lowest BCUT2D eigenvalue weighted by Gasteiger charge is -2.40. The van der Waals surface area contributed by atoms with Gasteiger partial charge in [-0.05, 0) is 59.7 Å². The summed E-state index contributed by atoms with van der Waals surface area (Å²) in [6, 6.07) is 10.9. The molecular formula is C21H20F3N3O. The standard InChI is InChI=1S/C21H20F3N3O/c1-27-18(28)12-20(26-19(27)25)9-3-5-13-7-8-15(11-17(13)20)14-4-2-6-16(10-14)21(22,23)24/h2,4,6-8,10-11H,3,5,9,12H2,1H3,(H2,25,26). The average Bonchev–Trinajstić information content (AvgIpc) is 2.66. The summed E-state index contributed by atoms with van der Waals surface area (Å²) in [6.07, 6.45) is -1.77. The number of aliphatic imine (C=N–C) groups is 1. The Morgan fingerprint density at radius 3 is 2.61 bits per heavy atom. The molecule has 2 aromatic rings. The van der Waals surface area contributed by atoms with Gasteiger partial charge in [0.05, 0.1) is 17.5 Å². The highest BCUT2D eigenvalue weighted by atomic mass is 19.4. The van der Waals surface area contributed by atoms with Crippen LogP contribution in [0.15, 0.2) is 47.5 Å². The van der Waals surface area contributed by atoms with E-state index in [-0.39, 0.29) is 18.3 Å². The smallest absolute Gasteiger partial charge is 0.369 e. The summed E-state index contributed by atoms with van der Waals surface area (Å²) in [4.78, 5) is 18.4. The number of aryl methyl sites for hydroxylation is 1. The Morgan fingerprint density at radius 2 is 1.89 bits per heavy atom. The maximum absolute atomic E-state index is 13.1. The number of nitrogens with zero attached hydrogens (tertiary/aromatic N) is 2. The van der Waals surface area contributed by atoms with Crippen LogP contribution >= 0.6 is 0 Å². The van der Waals surface area contributed by atoms with Crippen molar-refractivity contribution >= 4 is 11.9 Å². The lowest BCUT2D eigenvalue weighted by Crippen LogP contribution is -2.49. The molecule has 0 fully saturated rings. The molecule has 1 aliphatic heterocycles. The fourth-order valence-corrected chi connectivity index (χ4v) is 4.12. The summed E-state index contributed by atoms with van der Waals surface area (Å²) in [5.74, 6) is 0.0680. The van der Waals surface area contributed by atoms with E-state index in [1.807, 2.05) is 18.2 Å². The van der Waals surface area contributed by atoms with E-state index in [1.165, 1.54) is 11.0 Å². The second-order valence-corrected chi connectivity index (χ2v) is 7.44. The third-order valence-electron chi connectivity index (χ3n) is 5.66. The number of hydrogen-bond acceptors (Lipinski definition) is 3. The normalized spacial score (nSPS) is 22.2. The highest BCUT2D eigenvalue weighted by Gasteiger charge is 2.43. The minimum atomic E-state index is -4.40. The van der Waals surface area contributed by atoms with E-state index in [1.54, 1.807) is 13.1 Å². The van der Waals surface area contributed by atoms with Crippen molar-refractivity contribution in [3.8, 4) is 11.1 Å². The Hall–Kier alpha value is -2.83. The van der Waals surface area contributed by atoms with Crippen LogP contribution in [0.3, 0.4) is 0 Å². The zero-order valence-corrected chi connectivity index (χ0v) is 15.4. The fourth-order valence-electron chi connectivity index (χ4n) is 4.12. The van der Waals surface area contributed by atoms with Crippen molar-refractivity contribution in [3.05, 3.63) is 59.2 Å². The summed E-state index contributed by atoms with van der Waals surface area (Å²) in [5, 5.41) is 0. The molecule has 0 saturated carbocycles. The Bertz CT molecular complexity index is 983. The van der Waals surface area contributed by atoms with Gasteiger partial charge in [0.25, 0.3) is 0 Å². The maximum atomic E-state index is 13.1. The van der Waals surface area contributed by atoms with E-state index in [2.05, 4.69) is 4.99 Å². The first-order valence-corrected chi connectivity index (χ1v) is 9.13. The molecule has 2 aliphatic rings. The van der Waals surface area contributed by atoms with E-state index in [0.717, 1.165) is 36.1 Å². The molecule has 1 atom stereocenters. The van der Waals surface area contributed by atoms with E-state index in [0.29, 0.717) is 17.5 Å². The Labute approximate surface area is 160 Å². The third kappa shape index (κ3) is 3.04. The summed E-state index contributed by atoms with van der Waals surface area (Å²) >= 11 is 0. The van der Waals surface area contributed by atoms with Gasteiger partial charge in [-0.2, -0.15) is 13.2 Å². The van der Waals surface area contributed by atoms with Crippen LogP contribution in [0.1, 0.15) is 36.0 Å². The van der Waals surface area contributed by atoms with Crippen molar-refractivity contribution in [2.45, 2.75) is 37.4 Å². The van der Waals surface area contributed by atoms with Crippen molar-refractivity contribution in [2.75, 3.05) is 7.05 Å². The van der Waals surface area contributed by atoms with Crippen LogP contribution in [-0.4, -0.2) is 23.8 Å². The summed E-state index contributed by atoms with van der Waals surface area (Å²) in [5.41, 5.74) is 7.66. The number of fused-ring (bicyclic) bond motifs is 2. The van der Waals surface area contributed by atoms with Crippen LogP contribution in [0.2, 0.25) is 0 Å². The van der Waals surface area contributed by atoms with Gasteiger partial charge in [-0.25, -0.2) is 4.99 Å². The molecule has 0 bridgehead atoms. The molecule has 146 valence electrons. The lowest BCUT2D eigenvalue weighted by atomic mass is 9.73. The third-order valence-corrected chi connectivity index (χ3v) is 5.66. The second-order valence-electron chi connectivity index (χ2n) is 7.44. The number of guanidine groups is 1. The molecule has 2 N–H and O–H groups in total. The van der Waals surface area contributed by atoms with Crippen LogP contribution in [0, 0.1) is 0 Å². The monoisotopic (exact) mass is 387 g/mol. The van der Waals surface area contributed by atoms with Gasteiger partial charge in [-0.3, -0.25) is 9.69 Å². The first-order valence-electron chi connectivity index (χ1n) is 9.13. The van der Waals surface area contributed by atoms with Crippen LogP contribution in [0.5, 0.6) is 0 Å². The summed E-state index contributed by atoms with van der Waals surface area (Å²) in [7, 11) is 1.59. The van der Waals surface area contributed by atoms with Crippen molar-refractivity contribution < 1.29 is 18.0 Å². The summed E-state index contributed by atoms with van der Waals surface area (Å²) in [6.45, 7) is 0. The van der Waals surface area contributed by atoms with E-state index in [4.69, 9.17) is 5.73 Å². The van der Waals surface area contributed by atoms with E-state index in [9.17, 15) is 18.0 Å². The van der Waals surface area contributed by atoms with Crippen LogP contribution in [-0.2, 0) is 22.9 Å². The zero-order valence-electron chi connectivity index (χ0n) is 15.4. The van der Waals surface area contributed by atoms with Gasteiger partial charge in [0.1, 0.15) is 0 Å². The number of rotatable bonds is 1. The molecule has 28 heavy (non-hydrogen) atoms. The molecule has 1 amide bonds. The number of alkyl halides is 3. The number of halogens is 3. The average molecular weight is 387 g/mol. The Morgan fingerprint density at radius 1 is 1.14 bits per heavy atom. The molecule has 1 unspecified atom stereocenters. The number of hydrogen-bond donors (Lipinski definition) is 1. The van der Waals surface area contributed by atoms with Gasteiger partial charge in [0.15, 0.2) is 5.96 Å². The lowest BCUT2D eigenvalue weighted by molar-refractivity contribution is -0.137. The predicted molar refractivity (Wildman–Crippen MR) is 101 cm³/mol. The first-order chi connectivity index (χ1) is 13.2. The van der Waals surface area contributed by atoms with Gasteiger partial charge >= 0.3 is 6.18 Å². The number of benzene rings is 2. The van der Waals surface area contributed by atoms with Crippen LogP contribution in [0.25, 0.3) is 11.1 Å². The van der Waals surface area contributed by atoms with E-state index < -0.39 is 17.3 Å². The Kier molecular flexibility index (Phi) is 4.21. The highest BCUT2D eigenvalue weighted by Crippen LogP contribution is 2.45. The molecule has 0 radical (unpaired) electrons. The fraction of sp³-hybridized carbons (Fsp3) is 0.333. The highest BCUT2D eigenvalue weighted by molar-refractivity contribution is 5.99. The molecule has 1 heterocycles. The van der Waals surface area contributed by atoms with Crippen LogP contribution in [0.4, 0.5) is 13.2 Å². The number of nitrogens with two attached hydrogens (primary N) is 1. The quantitative estimate of drug-likeness (QED) is 0.802. The van der Waals surface area contributed by atoms with Gasteiger partial charge < -0.3 is 5.73 Å². The number of amides is 1.